The van der Waals surface area contributed by atoms with Crippen molar-refractivity contribution >= 4 is 11.8 Å². The first-order valence-corrected chi connectivity index (χ1v) is 3.93. The Morgan fingerprint density at radius 2 is 1.92 bits per heavy atom. The summed E-state index contributed by atoms with van der Waals surface area (Å²) in [6.45, 7) is 3.61. The van der Waals surface area contributed by atoms with Crippen LogP contribution in [0.4, 0.5) is 5.69 Å². The predicted octanol–water partition coefficient (Wildman–Crippen LogP) is 2.93. The summed E-state index contributed by atoms with van der Waals surface area (Å²) in [7, 11) is 1.91. The Hall–Kier alpha value is -1.50. The minimum Gasteiger partial charge on any atom is -0.388 e. The fraction of sp³-hybridized carbons (Fsp3) is 0.0909. The Morgan fingerprint density at radius 1 is 1.25 bits per heavy atom. The molecule has 1 aromatic carbocycles. The Balaban J connectivity index is 2.77. The minimum absolute atomic E-state index is 1.13. The molecule has 0 aliphatic rings. The molecule has 0 saturated heterocycles. The lowest BCUT2D eigenvalue weighted by Crippen LogP contribution is -1.86. The van der Waals surface area contributed by atoms with Crippen LogP contribution >= 0.6 is 0 Å². The van der Waals surface area contributed by atoms with Crippen LogP contribution in [0.15, 0.2) is 43.0 Å². The Bertz CT molecular complexity index is 270. The third-order valence-electron chi connectivity index (χ3n) is 1.62. The molecule has 0 radical (unpaired) electrons. The van der Waals surface area contributed by atoms with E-state index in [1.165, 1.54) is 5.56 Å². The van der Waals surface area contributed by atoms with E-state index in [2.05, 4.69) is 24.0 Å². The fourth-order valence-corrected chi connectivity index (χ4v) is 0.940. The molecule has 0 aliphatic heterocycles. The maximum atomic E-state index is 3.61. The van der Waals surface area contributed by atoms with Crippen molar-refractivity contribution in [2.45, 2.75) is 0 Å². The first kappa shape index (κ1) is 8.60. The van der Waals surface area contributed by atoms with E-state index in [1.54, 1.807) is 6.08 Å². The van der Waals surface area contributed by atoms with Gasteiger partial charge in [0.05, 0.1) is 0 Å². The van der Waals surface area contributed by atoms with Crippen LogP contribution in [0.3, 0.4) is 0 Å². The summed E-state index contributed by atoms with van der Waals surface area (Å²) in [5.41, 5.74) is 2.32. The molecule has 1 nitrogen and oxygen atoms in total. The molecule has 12 heavy (non-hydrogen) atoms. The van der Waals surface area contributed by atoms with Crippen molar-refractivity contribution in [2.75, 3.05) is 12.4 Å². The van der Waals surface area contributed by atoms with Crippen LogP contribution in [0.1, 0.15) is 5.56 Å². The Labute approximate surface area is 73.4 Å². The molecule has 0 unspecified atom stereocenters. The lowest BCUT2D eigenvalue weighted by Gasteiger charge is -1.98. The molecular weight excluding hydrogens is 146 g/mol. The normalized spacial score (nSPS) is 10.1. The van der Waals surface area contributed by atoms with Crippen LogP contribution in [-0.4, -0.2) is 7.05 Å². The van der Waals surface area contributed by atoms with Crippen LogP contribution in [0.25, 0.3) is 6.08 Å². The number of hydrogen-bond acceptors (Lipinski definition) is 1. The van der Waals surface area contributed by atoms with E-state index in [9.17, 15) is 0 Å². The molecule has 1 heteroatoms. The van der Waals surface area contributed by atoms with Crippen molar-refractivity contribution in [2.24, 2.45) is 0 Å². The van der Waals surface area contributed by atoms with E-state index in [0.717, 1.165) is 5.69 Å². The second-order valence-corrected chi connectivity index (χ2v) is 2.47. The molecule has 0 spiro atoms. The van der Waals surface area contributed by atoms with Gasteiger partial charge in [0.2, 0.25) is 0 Å². The number of anilines is 1. The Kier molecular flexibility index (Phi) is 3.15. The van der Waals surface area contributed by atoms with Gasteiger partial charge in [-0.2, -0.15) is 0 Å². The zero-order valence-corrected chi connectivity index (χ0v) is 7.25. The molecule has 1 rings (SSSR count). The molecule has 0 aromatic heterocycles. The number of allylic oxidation sites excluding steroid dienone is 2. The highest BCUT2D eigenvalue weighted by molar-refractivity contribution is 5.55. The third kappa shape index (κ3) is 2.27. The number of nitrogens with one attached hydrogen (secondary N) is 1. The second kappa shape index (κ2) is 4.39. The summed E-state index contributed by atoms with van der Waals surface area (Å²) in [5.74, 6) is 0. The van der Waals surface area contributed by atoms with E-state index >= 15 is 0 Å². The van der Waals surface area contributed by atoms with E-state index in [0.29, 0.717) is 0 Å². The highest BCUT2D eigenvalue weighted by atomic mass is 14.8. The van der Waals surface area contributed by atoms with Gasteiger partial charge in [0.1, 0.15) is 0 Å². The number of hydrogen-bond donors (Lipinski definition) is 1. The SMILES string of the molecule is C=C/C=C/c1ccc(NC)cc1. The summed E-state index contributed by atoms with van der Waals surface area (Å²) in [4.78, 5) is 0. The average molecular weight is 159 g/mol. The molecular formula is C11H13N. The van der Waals surface area contributed by atoms with Gasteiger partial charge in [-0.1, -0.05) is 36.9 Å². The van der Waals surface area contributed by atoms with Crippen LogP contribution in [0.5, 0.6) is 0 Å². The molecule has 0 bridgehead atoms. The molecule has 0 amide bonds. The van der Waals surface area contributed by atoms with Gasteiger partial charge < -0.3 is 5.32 Å². The topological polar surface area (TPSA) is 12.0 Å². The Morgan fingerprint density at radius 3 is 2.42 bits per heavy atom. The monoisotopic (exact) mass is 159 g/mol. The number of rotatable bonds is 3. The third-order valence-corrected chi connectivity index (χ3v) is 1.62. The van der Waals surface area contributed by atoms with Gasteiger partial charge in [0.15, 0.2) is 0 Å². The quantitative estimate of drug-likeness (QED) is 0.668. The van der Waals surface area contributed by atoms with Crippen molar-refractivity contribution in [3.8, 4) is 0 Å². The van der Waals surface area contributed by atoms with Crippen molar-refractivity contribution in [1.82, 2.24) is 0 Å². The van der Waals surface area contributed by atoms with Gasteiger partial charge in [-0.3, -0.25) is 0 Å². The van der Waals surface area contributed by atoms with Gasteiger partial charge >= 0.3 is 0 Å². The van der Waals surface area contributed by atoms with Crippen molar-refractivity contribution in [1.29, 1.82) is 0 Å². The highest BCUT2D eigenvalue weighted by Crippen LogP contribution is 2.09. The van der Waals surface area contributed by atoms with Gasteiger partial charge in [-0.05, 0) is 17.7 Å². The van der Waals surface area contributed by atoms with E-state index in [1.807, 2.05) is 31.3 Å². The van der Waals surface area contributed by atoms with Gasteiger partial charge in [0, 0.05) is 12.7 Å². The van der Waals surface area contributed by atoms with Crippen molar-refractivity contribution in [3.63, 3.8) is 0 Å². The summed E-state index contributed by atoms with van der Waals surface area (Å²) in [5, 5.41) is 3.07. The minimum atomic E-state index is 1.13. The zero-order chi connectivity index (χ0) is 8.81. The molecule has 0 atom stereocenters. The van der Waals surface area contributed by atoms with Gasteiger partial charge in [0.25, 0.3) is 0 Å². The molecule has 1 N–H and O–H groups in total. The number of benzene rings is 1. The zero-order valence-electron chi connectivity index (χ0n) is 7.25. The van der Waals surface area contributed by atoms with E-state index < -0.39 is 0 Å². The first-order valence-electron chi connectivity index (χ1n) is 3.93. The molecule has 0 saturated carbocycles. The molecule has 0 heterocycles. The van der Waals surface area contributed by atoms with Crippen molar-refractivity contribution in [3.05, 3.63) is 48.6 Å². The summed E-state index contributed by atoms with van der Waals surface area (Å²) in [6, 6.07) is 8.21. The molecule has 1 aromatic rings. The predicted molar refractivity (Wildman–Crippen MR) is 55.2 cm³/mol. The largest absolute Gasteiger partial charge is 0.388 e. The van der Waals surface area contributed by atoms with Gasteiger partial charge in [-0.15, -0.1) is 0 Å². The van der Waals surface area contributed by atoms with Crippen LogP contribution in [0, 0.1) is 0 Å². The highest BCUT2D eigenvalue weighted by Gasteiger charge is 1.86. The maximum absolute atomic E-state index is 3.61. The summed E-state index contributed by atoms with van der Waals surface area (Å²) < 4.78 is 0. The first-order chi connectivity index (χ1) is 5.86. The fourth-order valence-electron chi connectivity index (χ4n) is 0.940. The molecule has 62 valence electrons. The van der Waals surface area contributed by atoms with Gasteiger partial charge in [-0.25, -0.2) is 0 Å². The van der Waals surface area contributed by atoms with E-state index in [4.69, 9.17) is 0 Å². The van der Waals surface area contributed by atoms with Crippen LogP contribution in [0.2, 0.25) is 0 Å². The van der Waals surface area contributed by atoms with E-state index in [-0.39, 0.29) is 0 Å². The van der Waals surface area contributed by atoms with Crippen molar-refractivity contribution < 1.29 is 0 Å². The summed E-state index contributed by atoms with van der Waals surface area (Å²) in [6.07, 6.45) is 5.72. The standard InChI is InChI=1S/C11H13N/c1-3-4-5-10-6-8-11(12-2)9-7-10/h3-9,12H,1H2,2H3/b5-4+. The average Bonchev–Trinajstić information content (AvgIpc) is 2.15. The molecule has 0 fully saturated rings. The smallest absolute Gasteiger partial charge is 0.0337 e. The van der Waals surface area contributed by atoms with Crippen LogP contribution < -0.4 is 5.32 Å². The summed E-state index contributed by atoms with van der Waals surface area (Å²) >= 11 is 0. The van der Waals surface area contributed by atoms with Crippen LogP contribution in [-0.2, 0) is 0 Å². The maximum Gasteiger partial charge on any atom is 0.0337 e. The molecule has 0 aliphatic carbocycles. The second-order valence-electron chi connectivity index (χ2n) is 2.47. The lowest BCUT2D eigenvalue weighted by molar-refractivity contribution is 1.51. The lowest BCUT2D eigenvalue weighted by atomic mass is 10.2.